The Morgan fingerprint density at radius 2 is 1.27 bits per heavy atom. The van der Waals surface area contributed by atoms with Gasteiger partial charge < -0.3 is 26.6 Å². The molecule has 1 aliphatic rings. The van der Waals surface area contributed by atoms with Crippen LogP contribution in [0, 0.1) is 0 Å². The Hall–Kier alpha value is -1.06. The Labute approximate surface area is 249 Å². The first-order valence-electron chi connectivity index (χ1n) is 16.9. The van der Waals surface area contributed by atoms with Gasteiger partial charge in [-0.2, -0.15) is 0 Å². The standard InChI is InChI=1S/C31H61N7.C2H6/c1-3-5-6-14-32-19-21-34-17-8-25-37(24-4-2)28-30-10-12-31(13-11-30)29-38-26-9-18-35-22-20-33-15-7-16-36-23-27-38;1-2/h10-13,32-36H,3-9,14-29H2,1-2H3;1-2H3. The molecule has 0 spiro atoms. The molecular weight excluding hydrogens is 494 g/mol. The fraction of sp³-hybridized carbons (Fsp3) is 0.818. The highest BCUT2D eigenvalue weighted by molar-refractivity contribution is 5.22. The molecule has 0 atom stereocenters. The van der Waals surface area contributed by atoms with E-state index in [2.05, 4.69) is 74.5 Å². The van der Waals surface area contributed by atoms with E-state index in [1.165, 1.54) is 62.6 Å². The maximum atomic E-state index is 3.63. The first kappa shape index (κ1) is 37.0. The van der Waals surface area contributed by atoms with Crippen molar-refractivity contribution in [1.29, 1.82) is 0 Å². The minimum absolute atomic E-state index is 1.04. The number of nitrogens with zero attached hydrogens (tertiary/aromatic N) is 2. The van der Waals surface area contributed by atoms with Crippen molar-refractivity contribution in [2.45, 2.75) is 85.7 Å². The number of hydrogen-bond donors (Lipinski definition) is 5. The van der Waals surface area contributed by atoms with E-state index in [9.17, 15) is 0 Å². The van der Waals surface area contributed by atoms with Gasteiger partial charge in [0.25, 0.3) is 0 Å². The van der Waals surface area contributed by atoms with Crippen LogP contribution in [0.1, 0.15) is 83.8 Å². The quantitative estimate of drug-likeness (QED) is 0.184. The first-order chi connectivity index (χ1) is 19.8. The average Bonchev–Trinajstić information content (AvgIpc) is 2.98. The van der Waals surface area contributed by atoms with E-state index in [1.54, 1.807) is 0 Å². The van der Waals surface area contributed by atoms with Crippen molar-refractivity contribution in [3.05, 3.63) is 35.4 Å². The van der Waals surface area contributed by atoms with E-state index in [0.717, 1.165) is 98.2 Å². The van der Waals surface area contributed by atoms with Crippen molar-refractivity contribution in [2.75, 3.05) is 91.6 Å². The van der Waals surface area contributed by atoms with Crippen LogP contribution in [0.2, 0.25) is 0 Å². The van der Waals surface area contributed by atoms with Gasteiger partial charge in [-0.3, -0.25) is 9.80 Å². The minimum atomic E-state index is 1.04. The van der Waals surface area contributed by atoms with Gasteiger partial charge in [0.2, 0.25) is 0 Å². The number of unbranched alkanes of at least 4 members (excludes halogenated alkanes) is 2. The van der Waals surface area contributed by atoms with Crippen LogP contribution in [0.4, 0.5) is 0 Å². The second-order valence-corrected chi connectivity index (χ2v) is 10.9. The molecule has 1 aliphatic heterocycles. The Kier molecular flexibility index (Phi) is 25.9. The lowest BCUT2D eigenvalue weighted by atomic mass is 10.1. The zero-order valence-electron chi connectivity index (χ0n) is 27.0. The molecule has 0 unspecified atom stereocenters. The number of rotatable bonds is 17. The SMILES string of the molecule is CC.CCCCCNCCNCCCN(CCC)Cc1ccc(CN2CCCNCCNCCCNCC2)cc1. The lowest BCUT2D eigenvalue weighted by Crippen LogP contribution is -2.36. The Morgan fingerprint density at radius 1 is 0.650 bits per heavy atom. The summed E-state index contributed by atoms with van der Waals surface area (Å²) >= 11 is 0. The van der Waals surface area contributed by atoms with Crippen LogP contribution in [-0.4, -0.2) is 101 Å². The monoisotopic (exact) mass is 562 g/mol. The van der Waals surface area contributed by atoms with Gasteiger partial charge in [-0.05, 0) is 95.6 Å². The molecule has 1 heterocycles. The molecule has 2 rings (SSSR count). The van der Waals surface area contributed by atoms with Crippen molar-refractivity contribution >= 4 is 0 Å². The Balaban J connectivity index is 0.00000391. The Bertz CT molecular complexity index is 626. The first-order valence-corrected chi connectivity index (χ1v) is 16.9. The maximum Gasteiger partial charge on any atom is 0.0234 e. The number of nitrogens with one attached hydrogen (secondary N) is 5. The van der Waals surface area contributed by atoms with Gasteiger partial charge >= 0.3 is 0 Å². The summed E-state index contributed by atoms with van der Waals surface area (Å²) in [5.41, 5.74) is 2.87. The van der Waals surface area contributed by atoms with Crippen LogP contribution in [0.25, 0.3) is 0 Å². The van der Waals surface area contributed by atoms with Gasteiger partial charge in [-0.25, -0.2) is 0 Å². The van der Waals surface area contributed by atoms with Crippen LogP contribution in [0.5, 0.6) is 0 Å². The normalized spacial score (nSPS) is 16.3. The van der Waals surface area contributed by atoms with Crippen molar-refractivity contribution in [3.63, 3.8) is 0 Å². The van der Waals surface area contributed by atoms with E-state index in [1.807, 2.05) is 13.8 Å². The predicted octanol–water partition coefficient (Wildman–Crippen LogP) is 4.05. The van der Waals surface area contributed by atoms with Gasteiger partial charge in [0.1, 0.15) is 0 Å². The van der Waals surface area contributed by atoms with Crippen LogP contribution in [0.3, 0.4) is 0 Å². The van der Waals surface area contributed by atoms with E-state index in [-0.39, 0.29) is 0 Å². The van der Waals surface area contributed by atoms with Crippen molar-refractivity contribution < 1.29 is 0 Å². The summed E-state index contributed by atoms with van der Waals surface area (Å²) in [5, 5.41) is 17.9. The molecular formula is C33H67N7. The molecule has 5 N–H and O–H groups in total. The molecule has 1 saturated heterocycles. The van der Waals surface area contributed by atoms with Gasteiger partial charge in [0, 0.05) is 52.4 Å². The van der Waals surface area contributed by atoms with Crippen molar-refractivity contribution in [1.82, 2.24) is 36.4 Å². The smallest absolute Gasteiger partial charge is 0.0234 e. The number of hydrogen-bond acceptors (Lipinski definition) is 7. The van der Waals surface area contributed by atoms with Gasteiger partial charge in [0.05, 0.1) is 0 Å². The molecule has 0 aliphatic carbocycles. The molecule has 1 aromatic rings. The molecule has 7 heteroatoms. The second kappa shape index (κ2) is 28.1. The molecule has 7 nitrogen and oxygen atoms in total. The van der Waals surface area contributed by atoms with E-state index in [4.69, 9.17) is 0 Å². The Morgan fingerprint density at radius 3 is 1.95 bits per heavy atom. The van der Waals surface area contributed by atoms with Crippen molar-refractivity contribution in [3.8, 4) is 0 Å². The van der Waals surface area contributed by atoms with Crippen molar-refractivity contribution in [2.24, 2.45) is 0 Å². The third-order valence-electron chi connectivity index (χ3n) is 7.26. The topological polar surface area (TPSA) is 66.6 Å². The minimum Gasteiger partial charge on any atom is -0.315 e. The highest BCUT2D eigenvalue weighted by atomic mass is 15.1. The lowest BCUT2D eigenvalue weighted by Gasteiger charge is -2.24. The summed E-state index contributed by atoms with van der Waals surface area (Å²) < 4.78 is 0. The fourth-order valence-electron chi connectivity index (χ4n) is 5.03. The molecule has 0 aromatic heterocycles. The molecule has 0 amide bonds. The molecule has 234 valence electrons. The summed E-state index contributed by atoms with van der Waals surface area (Å²) in [4.78, 5) is 5.24. The van der Waals surface area contributed by atoms with E-state index in [0.29, 0.717) is 0 Å². The molecule has 1 aromatic carbocycles. The maximum absolute atomic E-state index is 3.63. The summed E-state index contributed by atoms with van der Waals surface area (Å²) in [6, 6.07) is 9.43. The third-order valence-corrected chi connectivity index (χ3v) is 7.26. The van der Waals surface area contributed by atoms with Crippen LogP contribution in [-0.2, 0) is 13.1 Å². The zero-order valence-corrected chi connectivity index (χ0v) is 27.0. The van der Waals surface area contributed by atoms with E-state index >= 15 is 0 Å². The number of benzene rings is 1. The summed E-state index contributed by atoms with van der Waals surface area (Å²) in [7, 11) is 0. The predicted molar refractivity (Wildman–Crippen MR) is 176 cm³/mol. The van der Waals surface area contributed by atoms with Crippen LogP contribution < -0.4 is 26.6 Å². The summed E-state index contributed by atoms with van der Waals surface area (Å²) in [5.74, 6) is 0. The highest BCUT2D eigenvalue weighted by Gasteiger charge is 2.09. The zero-order chi connectivity index (χ0) is 28.9. The average molecular weight is 562 g/mol. The third kappa shape index (κ3) is 20.8. The van der Waals surface area contributed by atoms with Crippen LogP contribution in [0.15, 0.2) is 24.3 Å². The second-order valence-electron chi connectivity index (χ2n) is 10.9. The van der Waals surface area contributed by atoms with Gasteiger partial charge in [0.15, 0.2) is 0 Å². The summed E-state index contributed by atoms with van der Waals surface area (Å²) in [6.45, 7) is 26.2. The molecule has 0 radical (unpaired) electrons. The molecule has 1 fully saturated rings. The largest absolute Gasteiger partial charge is 0.315 e. The molecule has 0 bridgehead atoms. The lowest BCUT2D eigenvalue weighted by molar-refractivity contribution is 0.258. The highest BCUT2D eigenvalue weighted by Crippen LogP contribution is 2.11. The summed E-state index contributed by atoms with van der Waals surface area (Å²) in [6.07, 6.45) is 8.76. The molecule has 0 saturated carbocycles. The van der Waals surface area contributed by atoms with E-state index < -0.39 is 0 Å². The molecule has 40 heavy (non-hydrogen) atoms. The van der Waals surface area contributed by atoms with Crippen LogP contribution >= 0.6 is 0 Å². The fourth-order valence-corrected chi connectivity index (χ4v) is 5.03. The van der Waals surface area contributed by atoms with Gasteiger partial charge in [-0.15, -0.1) is 0 Å². The van der Waals surface area contributed by atoms with Gasteiger partial charge in [-0.1, -0.05) is 64.8 Å².